The maximum Gasteiger partial charge on any atom is 0.251 e. The fraction of sp³-hybridized carbons (Fsp3) is 0.545. The van der Waals surface area contributed by atoms with Crippen LogP contribution >= 0.6 is 0 Å². The monoisotopic (exact) mass is 385 g/mol. The number of rotatable bonds is 7. The third-order valence-electron chi connectivity index (χ3n) is 5.99. The zero-order chi connectivity index (χ0) is 20.1. The van der Waals surface area contributed by atoms with E-state index in [1.54, 1.807) is 12.1 Å². The van der Waals surface area contributed by atoms with Crippen molar-refractivity contribution < 1.29 is 14.1 Å². The molecule has 3 rings (SSSR count). The van der Waals surface area contributed by atoms with E-state index in [1.165, 1.54) is 19.3 Å². The van der Waals surface area contributed by atoms with Gasteiger partial charge in [0.05, 0.1) is 11.3 Å². The van der Waals surface area contributed by atoms with Gasteiger partial charge in [-0.05, 0) is 65.0 Å². The molecule has 28 heavy (non-hydrogen) atoms. The summed E-state index contributed by atoms with van der Waals surface area (Å²) in [5.74, 6) is 1.45. The van der Waals surface area contributed by atoms with Crippen LogP contribution in [-0.4, -0.2) is 42.1 Å². The fourth-order valence-corrected chi connectivity index (χ4v) is 3.90. The van der Waals surface area contributed by atoms with Crippen molar-refractivity contribution in [3.63, 3.8) is 0 Å². The van der Waals surface area contributed by atoms with Crippen LogP contribution in [0.3, 0.4) is 0 Å². The molecule has 1 saturated carbocycles. The number of carbonyl (C=O) groups excluding carboxylic acids is 1. The van der Waals surface area contributed by atoms with Gasteiger partial charge in [0.15, 0.2) is 0 Å². The molecular weight excluding hydrogens is 354 g/mol. The number of nitrogens with zero attached hydrogens (tertiary/aromatic N) is 2. The van der Waals surface area contributed by atoms with Crippen LogP contribution in [0.5, 0.6) is 5.75 Å². The number of benzene rings is 1. The molecular formula is C22H31N3O3. The van der Waals surface area contributed by atoms with Crippen molar-refractivity contribution in [1.29, 1.82) is 0 Å². The molecule has 0 atom stereocenters. The van der Waals surface area contributed by atoms with Gasteiger partial charge in [-0.1, -0.05) is 24.4 Å². The number of hydrogen-bond acceptors (Lipinski definition) is 5. The van der Waals surface area contributed by atoms with E-state index in [0.717, 1.165) is 29.9 Å². The minimum Gasteiger partial charge on any atom is -0.489 e. The minimum atomic E-state index is -0.0379. The van der Waals surface area contributed by atoms with E-state index in [0.29, 0.717) is 24.5 Å². The van der Waals surface area contributed by atoms with Crippen molar-refractivity contribution >= 4 is 5.91 Å². The van der Waals surface area contributed by atoms with Gasteiger partial charge in [-0.15, -0.1) is 0 Å². The molecule has 1 aliphatic rings. The second-order valence-electron chi connectivity index (χ2n) is 7.98. The molecule has 1 heterocycles. The van der Waals surface area contributed by atoms with Crippen LogP contribution < -0.4 is 10.1 Å². The Hall–Kier alpha value is -2.34. The van der Waals surface area contributed by atoms with Gasteiger partial charge in [-0.2, -0.15) is 0 Å². The van der Waals surface area contributed by atoms with E-state index in [1.807, 2.05) is 26.0 Å². The van der Waals surface area contributed by atoms with Gasteiger partial charge in [0.25, 0.3) is 5.91 Å². The van der Waals surface area contributed by atoms with Gasteiger partial charge < -0.3 is 19.5 Å². The number of nitrogens with one attached hydrogen (secondary N) is 1. The van der Waals surface area contributed by atoms with Gasteiger partial charge in [-0.3, -0.25) is 4.79 Å². The van der Waals surface area contributed by atoms with E-state index >= 15 is 0 Å². The van der Waals surface area contributed by atoms with Crippen LogP contribution in [0.25, 0.3) is 0 Å². The first kappa shape index (κ1) is 20.4. The highest BCUT2D eigenvalue weighted by molar-refractivity contribution is 5.94. The Morgan fingerprint density at radius 3 is 2.43 bits per heavy atom. The van der Waals surface area contributed by atoms with Crippen LogP contribution in [0, 0.1) is 13.8 Å². The Bertz CT molecular complexity index is 770. The molecule has 0 bridgehead atoms. The van der Waals surface area contributed by atoms with Crippen molar-refractivity contribution in [1.82, 2.24) is 15.4 Å². The largest absolute Gasteiger partial charge is 0.489 e. The van der Waals surface area contributed by atoms with E-state index < -0.39 is 0 Å². The van der Waals surface area contributed by atoms with E-state index in [4.69, 9.17) is 9.26 Å². The first-order valence-electron chi connectivity index (χ1n) is 10.0. The number of amides is 1. The van der Waals surface area contributed by atoms with Gasteiger partial charge in [0.1, 0.15) is 18.1 Å². The molecule has 0 spiro atoms. The molecule has 0 radical (unpaired) electrons. The van der Waals surface area contributed by atoms with E-state index in [9.17, 15) is 4.79 Å². The van der Waals surface area contributed by atoms with Gasteiger partial charge >= 0.3 is 0 Å². The molecule has 6 nitrogen and oxygen atoms in total. The highest BCUT2D eigenvalue weighted by Gasteiger charge is 2.34. The lowest BCUT2D eigenvalue weighted by Gasteiger charge is -2.43. The van der Waals surface area contributed by atoms with Crippen molar-refractivity contribution in [2.24, 2.45) is 0 Å². The van der Waals surface area contributed by atoms with Crippen molar-refractivity contribution in [3.8, 4) is 5.75 Å². The second kappa shape index (κ2) is 8.78. The van der Waals surface area contributed by atoms with Gasteiger partial charge in [-0.25, -0.2) is 0 Å². The Kier molecular flexibility index (Phi) is 6.39. The topological polar surface area (TPSA) is 67.6 Å². The average molecular weight is 386 g/mol. The summed E-state index contributed by atoms with van der Waals surface area (Å²) in [5, 5.41) is 7.07. The third-order valence-corrected chi connectivity index (χ3v) is 5.99. The molecule has 1 aromatic heterocycles. The molecule has 0 saturated heterocycles. The second-order valence-corrected chi connectivity index (χ2v) is 7.98. The van der Waals surface area contributed by atoms with Crippen LogP contribution in [0.1, 0.15) is 59.5 Å². The number of ether oxygens (including phenoxy) is 1. The number of aryl methyl sites for hydroxylation is 2. The quantitative estimate of drug-likeness (QED) is 0.784. The van der Waals surface area contributed by atoms with Crippen LogP contribution in [-0.2, 0) is 6.61 Å². The maximum absolute atomic E-state index is 12.6. The van der Waals surface area contributed by atoms with Crippen LogP contribution in [0.2, 0.25) is 0 Å². The summed E-state index contributed by atoms with van der Waals surface area (Å²) in [5.41, 5.74) is 2.52. The highest BCUT2D eigenvalue weighted by Crippen LogP contribution is 2.31. The molecule has 0 aliphatic heterocycles. The summed E-state index contributed by atoms with van der Waals surface area (Å²) in [6, 6.07) is 7.27. The summed E-state index contributed by atoms with van der Waals surface area (Å²) >= 11 is 0. The Labute approximate surface area is 167 Å². The third kappa shape index (κ3) is 4.55. The number of aromatic nitrogens is 1. The number of carbonyl (C=O) groups is 1. The van der Waals surface area contributed by atoms with E-state index in [-0.39, 0.29) is 11.4 Å². The standard InChI is InChI=1S/C22H31N3O3/c1-16-20(17(2)28-24-16)14-27-19-10-8-18(9-11-19)21(26)23-15-22(25(3)4)12-6-5-7-13-22/h8-11H,5-7,12-15H2,1-4H3,(H,23,26). The normalized spacial score (nSPS) is 16.2. The zero-order valence-electron chi connectivity index (χ0n) is 17.4. The first-order valence-corrected chi connectivity index (χ1v) is 10.0. The smallest absolute Gasteiger partial charge is 0.251 e. The van der Waals surface area contributed by atoms with Crippen molar-refractivity contribution in [2.45, 2.75) is 58.1 Å². The summed E-state index contributed by atoms with van der Waals surface area (Å²) in [6.45, 7) is 4.86. The Morgan fingerprint density at radius 1 is 1.18 bits per heavy atom. The fourth-order valence-electron chi connectivity index (χ4n) is 3.90. The van der Waals surface area contributed by atoms with E-state index in [2.05, 4.69) is 29.5 Å². The minimum absolute atomic E-state index is 0.0379. The molecule has 1 aliphatic carbocycles. The van der Waals surface area contributed by atoms with Crippen molar-refractivity contribution in [3.05, 3.63) is 46.8 Å². The zero-order valence-corrected chi connectivity index (χ0v) is 17.4. The molecule has 2 aromatic rings. The summed E-state index contributed by atoms with van der Waals surface area (Å²) < 4.78 is 11.0. The Morgan fingerprint density at radius 2 is 1.86 bits per heavy atom. The van der Waals surface area contributed by atoms with Gasteiger partial charge in [0, 0.05) is 17.6 Å². The number of likely N-dealkylation sites (N-methyl/N-ethyl adjacent to an activating group) is 1. The molecule has 6 heteroatoms. The SMILES string of the molecule is Cc1noc(C)c1COc1ccc(C(=O)NCC2(N(C)C)CCCCC2)cc1. The predicted molar refractivity (Wildman–Crippen MR) is 109 cm³/mol. The molecule has 152 valence electrons. The Balaban J connectivity index is 1.56. The summed E-state index contributed by atoms with van der Waals surface area (Å²) in [7, 11) is 4.23. The van der Waals surface area contributed by atoms with Crippen molar-refractivity contribution in [2.75, 3.05) is 20.6 Å². The molecule has 1 fully saturated rings. The van der Waals surface area contributed by atoms with Crippen LogP contribution in [0.15, 0.2) is 28.8 Å². The summed E-state index contributed by atoms with van der Waals surface area (Å²) in [6.07, 6.45) is 6.01. The molecule has 0 unspecified atom stereocenters. The molecule has 1 aromatic carbocycles. The summed E-state index contributed by atoms with van der Waals surface area (Å²) in [4.78, 5) is 14.9. The molecule has 1 N–H and O–H groups in total. The lowest BCUT2D eigenvalue weighted by atomic mass is 9.80. The average Bonchev–Trinajstić information content (AvgIpc) is 3.03. The molecule has 1 amide bonds. The predicted octanol–water partition coefficient (Wildman–Crippen LogP) is 3.86. The lowest BCUT2D eigenvalue weighted by Crippen LogP contribution is -2.53. The maximum atomic E-state index is 12.6. The highest BCUT2D eigenvalue weighted by atomic mass is 16.5. The first-order chi connectivity index (χ1) is 13.4. The number of hydrogen-bond donors (Lipinski definition) is 1. The van der Waals surface area contributed by atoms with Gasteiger partial charge in [0.2, 0.25) is 0 Å². The van der Waals surface area contributed by atoms with Crippen LogP contribution in [0.4, 0.5) is 0 Å². The lowest BCUT2D eigenvalue weighted by molar-refractivity contribution is 0.0799.